The van der Waals surface area contributed by atoms with Gasteiger partial charge in [-0.3, -0.25) is 0 Å². The van der Waals surface area contributed by atoms with Crippen LogP contribution < -0.4 is 0 Å². The quantitative estimate of drug-likeness (QED) is 0.478. The van der Waals surface area contributed by atoms with E-state index in [-0.39, 0.29) is 17.1 Å². The summed E-state index contributed by atoms with van der Waals surface area (Å²) in [5, 5.41) is 14.5. The molecule has 1 aromatic heterocycles. The van der Waals surface area contributed by atoms with E-state index in [2.05, 4.69) is 5.10 Å². The molecular weight excluding hydrogens is 348 g/mol. The van der Waals surface area contributed by atoms with Gasteiger partial charge < -0.3 is 10.1 Å². The topological polar surface area (TPSA) is 95.1 Å². The van der Waals surface area contributed by atoms with Crippen molar-refractivity contribution in [3.05, 3.63) is 50.9 Å². The molecule has 0 amide bonds. The minimum absolute atomic E-state index is 0.149. The third-order valence-corrected chi connectivity index (χ3v) is 4.17. The highest BCUT2D eigenvalue weighted by Crippen LogP contribution is 2.26. The van der Waals surface area contributed by atoms with Gasteiger partial charge in [0.1, 0.15) is 5.82 Å². The number of benzene rings is 1. The second-order valence-electron chi connectivity index (χ2n) is 3.95. The molecule has 0 aliphatic carbocycles. The van der Waals surface area contributed by atoms with Crippen LogP contribution in [0.2, 0.25) is 5.02 Å². The van der Waals surface area contributed by atoms with Crippen molar-refractivity contribution >= 4 is 37.2 Å². The summed E-state index contributed by atoms with van der Waals surface area (Å²) in [6.07, 6.45) is 0.891. The first-order valence-corrected chi connectivity index (χ1v) is 7.97. The van der Waals surface area contributed by atoms with Crippen LogP contribution in [0, 0.1) is 15.9 Å². The van der Waals surface area contributed by atoms with Crippen LogP contribution >= 0.6 is 22.3 Å². The fourth-order valence-electron chi connectivity index (χ4n) is 1.61. The van der Waals surface area contributed by atoms with Gasteiger partial charge in [0.15, 0.2) is 0 Å². The number of aromatic nitrogens is 2. The van der Waals surface area contributed by atoms with E-state index in [1.807, 2.05) is 0 Å². The lowest BCUT2D eigenvalue weighted by Gasteiger charge is -2.01. The maximum atomic E-state index is 13.1. The Hall–Kier alpha value is -1.71. The molecule has 0 spiro atoms. The number of nitrogens with zero attached hydrogens (tertiary/aromatic N) is 3. The molecule has 0 aliphatic heterocycles. The molecule has 2 rings (SSSR count). The second kappa shape index (κ2) is 5.58. The fourth-order valence-corrected chi connectivity index (χ4v) is 2.70. The molecule has 11 heteroatoms. The molecule has 0 unspecified atom stereocenters. The van der Waals surface area contributed by atoms with Crippen molar-refractivity contribution in [3.8, 4) is 0 Å². The summed E-state index contributed by atoms with van der Waals surface area (Å²) in [4.78, 5) is 9.07. The highest BCUT2D eigenvalue weighted by Gasteiger charge is 2.30. The van der Waals surface area contributed by atoms with Crippen molar-refractivity contribution < 1.29 is 17.7 Å². The Balaban J connectivity index is 2.47. The monoisotopic (exact) mass is 353 g/mol. The Morgan fingerprint density at radius 1 is 1.43 bits per heavy atom. The van der Waals surface area contributed by atoms with Crippen LogP contribution in [0.3, 0.4) is 0 Å². The van der Waals surface area contributed by atoms with E-state index in [0.717, 1.165) is 23.0 Å². The fraction of sp³-hybridized carbons (Fsp3) is 0.100. The first-order valence-electron chi connectivity index (χ1n) is 5.29. The Kier molecular flexibility index (Phi) is 4.17. The molecule has 1 heterocycles. The van der Waals surface area contributed by atoms with E-state index >= 15 is 0 Å². The first-order chi connectivity index (χ1) is 9.68. The van der Waals surface area contributed by atoms with Gasteiger partial charge >= 0.3 is 5.82 Å². The highest BCUT2D eigenvalue weighted by molar-refractivity contribution is 8.13. The molecule has 21 heavy (non-hydrogen) atoms. The first kappa shape index (κ1) is 15.7. The van der Waals surface area contributed by atoms with Crippen LogP contribution in [0.1, 0.15) is 5.56 Å². The Morgan fingerprint density at radius 3 is 2.62 bits per heavy atom. The summed E-state index contributed by atoms with van der Waals surface area (Å²) in [5.74, 6) is -1.46. The highest BCUT2D eigenvalue weighted by atomic mass is 35.7. The van der Waals surface area contributed by atoms with Crippen molar-refractivity contribution in [2.24, 2.45) is 0 Å². The number of hydrogen-bond acceptors (Lipinski definition) is 5. The molecule has 7 nitrogen and oxygen atoms in total. The molecule has 0 radical (unpaired) electrons. The zero-order valence-electron chi connectivity index (χ0n) is 10.0. The third kappa shape index (κ3) is 3.49. The number of nitro groups is 1. The summed E-state index contributed by atoms with van der Waals surface area (Å²) in [7, 11) is 0.781. The zero-order chi connectivity index (χ0) is 15.8. The van der Waals surface area contributed by atoms with Crippen LogP contribution in [0.5, 0.6) is 0 Å². The Bertz CT molecular complexity index is 822. The van der Waals surface area contributed by atoms with E-state index in [1.54, 1.807) is 0 Å². The summed E-state index contributed by atoms with van der Waals surface area (Å²) in [6, 6.07) is 3.57. The molecule has 1 aromatic carbocycles. The molecule has 0 atom stereocenters. The van der Waals surface area contributed by atoms with Crippen LogP contribution in [0.4, 0.5) is 10.2 Å². The van der Waals surface area contributed by atoms with E-state index in [4.69, 9.17) is 22.3 Å². The van der Waals surface area contributed by atoms with Gasteiger partial charge in [-0.2, -0.15) is 4.68 Å². The lowest BCUT2D eigenvalue weighted by Crippen LogP contribution is -2.02. The summed E-state index contributed by atoms with van der Waals surface area (Å²) in [5.41, 5.74) is 0.285. The minimum atomic E-state index is -4.33. The van der Waals surface area contributed by atoms with Crippen LogP contribution in [-0.2, 0) is 15.6 Å². The third-order valence-electron chi connectivity index (χ3n) is 2.49. The molecule has 0 bridgehead atoms. The van der Waals surface area contributed by atoms with Crippen LogP contribution in [0.15, 0.2) is 29.3 Å². The van der Waals surface area contributed by atoms with Gasteiger partial charge in [-0.05, 0) is 28.7 Å². The molecule has 0 saturated heterocycles. The summed E-state index contributed by atoms with van der Waals surface area (Å²) in [6.45, 7) is -0.149. The van der Waals surface area contributed by atoms with Crippen LogP contribution in [-0.4, -0.2) is 23.1 Å². The van der Waals surface area contributed by atoms with Gasteiger partial charge in [-0.25, -0.2) is 12.8 Å². The lowest BCUT2D eigenvalue weighted by molar-refractivity contribution is -0.392. The molecule has 112 valence electrons. The molecule has 2 aromatic rings. The van der Waals surface area contributed by atoms with Crippen LogP contribution in [0.25, 0.3) is 0 Å². The Labute approximate surface area is 127 Å². The average Bonchev–Trinajstić information content (AvgIpc) is 2.78. The average molecular weight is 354 g/mol. The largest absolute Gasteiger partial charge is 0.410 e. The molecular formula is C10H6Cl2FN3O4S. The lowest BCUT2D eigenvalue weighted by atomic mass is 10.2. The second-order valence-corrected chi connectivity index (χ2v) is 6.89. The predicted molar refractivity (Wildman–Crippen MR) is 72.4 cm³/mol. The molecule has 0 saturated carbocycles. The summed E-state index contributed by atoms with van der Waals surface area (Å²) >= 11 is 5.86. The van der Waals surface area contributed by atoms with Gasteiger partial charge in [0.25, 0.3) is 9.05 Å². The normalized spacial score (nSPS) is 11.6. The molecule has 0 aliphatic rings. The maximum absolute atomic E-state index is 13.1. The van der Waals surface area contributed by atoms with Crippen molar-refractivity contribution in [3.63, 3.8) is 0 Å². The van der Waals surface area contributed by atoms with Crippen molar-refractivity contribution in [1.82, 2.24) is 9.78 Å². The minimum Gasteiger partial charge on any atom is -0.358 e. The zero-order valence-corrected chi connectivity index (χ0v) is 12.4. The van der Waals surface area contributed by atoms with E-state index in [1.165, 1.54) is 6.07 Å². The van der Waals surface area contributed by atoms with E-state index in [0.29, 0.717) is 0 Å². The van der Waals surface area contributed by atoms with E-state index < -0.39 is 30.5 Å². The number of halogens is 3. The van der Waals surface area contributed by atoms with Crippen molar-refractivity contribution in [2.75, 3.05) is 0 Å². The van der Waals surface area contributed by atoms with Crippen molar-refractivity contribution in [1.29, 1.82) is 0 Å². The van der Waals surface area contributed by atoms with Gasteiger partial charge in [-0.15, -0.1) is 0 Å². The van der Waals surface area contributed by atoms with Gasteiger partial charge in [0.05, 0.1) is 17.8 Å². The standard InChI is InChI=1S/C10H6Cl2FN3O4S/c11-8-2-1-7(13)3-6(8)4-15-5-9(21(12,19)20)10(14-15)16(17)18/h1-3,5H,4H2. The molecule has 0 N–H and O–H groups in total. The maximum Gasteiger partial charge on any atom is 0.410 e. The van der Waals surface area contributed by atoms with Gasteiger partial charge in [0, 0.05) is 15.7 Å². The Morgan fingerprint density at radius 2 is 2.10 bits per heavy atom. The summed E-state index contributed by atoms with van der Waals surface area (Å²) < 4.78 is 36.6. The van der Waals surface area contributed by atoms with E-state index in [9.17, 15) is 22.9 Å². The number of hydrogen-bond donors (Lipinski definition) is 0. The van der Waals surface area contributed by atoms with Gasteiger partial charge in [-0.1, -0.05) is 11.6 Å². The van der Waals surface area contributed by atoms with Gasteiger partial charge in [0.2, 0.25) is 4.90 Å². The SMILES string of the molecule is O=[N+]([O-])c1nn(Cc2cc(F)ccc2Cl)cc1S(=O)(=O)Cl. The molecule has 0 fully saturated rings. The smallest absolute Gasteiger partial charge is 0.358 e. The predicted octanol–water partition coefficient (Wildman–Crippen LogP) is 2.56. The van der Waals surface area contributed by atoms with Crippen molar-refractivity contribution in [2.45, 2.75) is 11.4 Å². The number of rotatable bonds is 4.